The van der Waals surface area contributed by atoms with Gasteiger partial charge < -0.3 is 10.6 Å². The summed E-state index contributed by atoms with van der Waals surface area (Å²) >= 11 is 1.70. The van der Waals surface area contributed by atoms with Gasteiger partial charge in [-0.2, -0.15) is 0 Å². The zero-order valence-electron chi connectivity index (χ0n) is 13.4. The van der Waals surface area contributed by atoms with Crippen LogP contribution in [0.4, 0.5) is 5.69 Å². The first kappa shape index (κ1) is 16.2. The van der Waals surface area contributed by atoms with E-state index in [1.165, 1.54) is 42.5 Å². The summed E-state index contributed by atoms with van der Waals surface area (Å²) in [6.45, 7) is 1.08. The summed E-state index contributed by atoms with van der Waals surface area (Å²) in [7, 11) is 0. The Labute approximate surface area is 142 Å². The number of amides is 1. The Morgan fingerprint density at radius 3 is 2.57 bits per heavy atom. The number of hydrogen-bond acceptors (Lipinski definition) is 3. The quantitative estimate of drug-likeness (QED) is 0.818. The zero-order valence-corrected chi connectivity index (χ0v) is 14.2. The van der Waals surface area contributed by atoms with Crippen LogP contribution in [0.3, 0.4) is 0 Å². The molecule has 1 aromatic carbocycles. The molecule has 23 heavy (non-hydrogen) atoms. The fourth-order valence-corrected chi connectivity index (χ4v) is 3.87. The number of anilines is 1. The molecule has 0 unspecified atom stereocenters. The van der Waals surface area contributed by atoms with E-state index in [1.54, 1.807) is 11.3 Å². The number of thiophene rings is 1. The molecule has 2 aromatic rings. The summed E-state index contributed by atoms with van der Waals surface area (Å²) in [5.74, 6) is 0.716. The Bertz CT molecular complexity index is 601. The van der Waals surface area contributed by atoms with Crippen LogP contribution in [-0.2, 0) is 11.3 Å². The minimum Gasteiger partial charge on any atom is -0.325 e. The largest absolute Gasteiger partial charge is 0.325 e. The summed E-state index contributed by atoms with van der Waals surface area (Å²) in [6.07, 6.45) is 6.68. The maximum absolute atomic E-state index is 12.0. The smallest absolute Gasteiger partial charge is 0.238 e. The molecule has 1 aliphatic carbocycles. The van der Waals surface area contributed by atoms with Gasteiger partial charge >= 0.3 is 0 Å². The maximum Gasteiger partial charge on any atom is 0.238 e. The molecule has 1 amide bonds. The highest BCUT2D eigenvalue weighted by atomic mass is 32.1. The number of carbonyl (C=O) groups excluding carboxylic acids is 1. The molecule has 0 aliphatic heterocycles. The highest BCUT2D eigenvalue weighted by molar-refractivity contribution is 7.09. The van der Waals surface area contributed by atoms with Crippen molar-refractivity contribution in [3.8, 4) is 0 Å². The molecule has 3 rings (SSSR count). The average Bonchev–Trinajstić information content (AvgIpc) is 3.10. The zero-order chi connectivity index (χ0) is 15.9. The Morgan fingerprint density at radius 1 is 1.09 bits per heavy atom. The Morgan fingerprint density at radius 2 is 1.87 bits per heavy atom. The van der Waals surface area contributed by atoms with Crippen LogP contribution >= 0.6 is 11.3 Å². The lowest BCUT2D eigenvalue weighted by Crippen LogP contribution is -2.27. The first-order chi connectivity index (χ1) is 11.3. The molecule has 122 valence electrons. The lowest BCUT2D eigenvalue weighted by Gasteiger charge is -2.22. The topological polar surface area (TPSA) is 41.1 Å². The molecule has 1 saturated carbocycles. The summed E-state index contributed by atoms with van der Waals surface area (Å²) in [4.78, 5) is 13.2. The SMILES string of the molecule is O=C(CNCc1cccs1)Nc1ccc(C2CCCCC2)cc1. The maximum atomic E-state index is 12.0. The van der Waals surface area contributed by atoms with Gasteiger partial charge in [0.15, 0.2) is 0 Å². The number of nitrogens with one attached hydrogen (secondary N) is 2. The minimum absolute atomic E-state index is 0.00646. The predicted molar refractivity (Wildman–Crippen MR) is 96.9 cm³/mol. The average molecular weight is 328 g/mol. The van der Waals surface area contributed by atoms with Crippen LogP contribution < -0.4 is 10.6 Å². The van der Waals surface area contributed by atoms with E-state index in [-0.39, 0.29) is 5.91 Å². The predicted octanol–water partition coefficient (Wildman–Crippen LogP) is 4.52. The molecule has 1 heterocycles. The molecule has 1 fully saturated rings. The third-order valence-electron chi connectivity index (χ3n) is 4.44. The number of benzene rings is 1. The molecule has 0 bridgehead atoms. The van der Waals surface area contributed by atoms with Crippen LogP contribution in [0.2, 0.25) is 0 Å². The third kappa shape index (κ3) is 4.91. The summed E-state index contributed by atoms with van der Waals surface area (Å²) in [6, 6.07) is 12.5. The van der Waals surface area contributed by atoms with Gasteiger partial charge in [-0.25, -0.2) is 0 Å². The van der Waals surface area contributed by atoms with Gasteiger partial charge in [0.2, 0.25) is 5.91 Å². The van der Waals surface area contributed by atoms with Crippen LogP contribution in [0.1, 0.15) is 48.5 Å². The van der Waals surface area contributed by atoms with Gasteiger partial charge in [-0.15, -0.1) is 11.3 Å². The van der Waals surface area contributed by atoms with E-state index < -0.39 is 0 Å². The van der Waals surface area contributed by atoms with Gasteiger partial charge in [-0.3, -0.25) is 4.79 Å². The van der Waals surface area contributed by atoms with Crippen molar-refractivity contribution in [3.63, 3.8) is 0 Å². The molecule has 0 atom stereocenters. The molecule has 3 nitrogen and oxygen atoms in total. The molecule has 0 radical (unpaired) electrons. The van der Waals surface area contributed by atoms with Gasteiger partial charge in [0.1, 0.15) is 0 Å². The van der Waals surface area contributed by atoms with Crippen molar-refractivity contribution in [3.05, 3.63) is 52.2 Å². The van der Waals surface area contributed by atoms with Crippen molar-refractivity contribution in [1.82, 2.24) is 5.32 Å². The molecule has 2 N–H and O–H groups in total. The minimum atomic E-state index is 0.00646. The molecule has 1 aromatic heterocycles. The van der Waals surface area contributed by atoms with E-state index in [0.717, 1.165) is 12.2 Å². The van der Waals surface area contributed by atoms with Gasteiger partial charge in [0, 0.05) is 17.1 Å². The number of carbonyl (C=O) groups is 1. The van der Waals surface area contributed by atoms with Crippen LogP contribution in [0, 0.1) is 0 Å². The molecule has 1 aliphatic rings. The highest BCUT2D eigenvalue weighted by Crippen LogP contribution is 2.32. The lowest BCUT2D eigenvalue weighted by molar-refractivity contribution is -0.115. The second-order valence-electron chi connectivity index (χ2n) is 6.19. The van der Waals surface area contributed by atoms with Gasteiger partial charge in [-0.1, -0.05) is 37.5 Å². The van der Waals surface area contributed by atoms with E-state index in [0.29, 0.717) is 12.5 Å². The summed E-state index contributed by atoms with van der Waals surface area (Å²) in [5, 5.41) is 8.17. The van der Waals surface area contributed by atoms with Crippen LogP contribution in [0.25, 0.3) is 0 Å². The number of hydrogen-bond donors (Lipinski definition) is 2. The van der Waals surface area contributed by atoms with Crippen molar-refractivity contribution in [1.29, 1.82) is 0 Å². The Kier molecular flexibility index (Phi) is 5.83. The Hall–Kier alpha value is -1.65. The monoisotopic (exact) mass is 328 g/mol. The molecule has 4 heteroatoms. The van der Waals surface area contributed by atoms with E-state index >= 15 is 0 Å². The second-order valence-corrected chi connectivity index (χ2v) is 7.22. The third-order valence-corrected chi connectivity index (χ3v) is 5.31. The highest BCUT2D eigenvalue weighted by Gasteiger charge is 2.15. The number of rotatable bonds is 6. The Balaban J connectivity index is 1.44. The first-order valence-corrected chi connectivity index (χ1v) is 9.32. The van der Waals surface area contributed by atoms with E-state index in [4.69, 9.17) is 0 Å². The van der Waals surface area contributed by atoms with Gasteiger partial charge in [-0.05, 0) is 47.9 Å². The van der Waals surface area contributed by atoms with Crippen molar-refractivity contribution < 1.29 is 4.79 Å². The van der Waals surface area contributed by atoms with Gasteiger partial charge in [0.25, 0.3) is 0 Å². The summed E-state index contributed by atoms with van der Waals surface area (Å²) < 4.78 is 0. The van der Waals surface area contributed by atoms with Gasteiger partial charge in [0.05, 0.1) is 6.54 Å². The standard InChI is InChI=1S/C19H24N2OS/c22-19(14-20-13-18-7-4-12-23-18)21-17-10-8-16(9-11-17)15-5-2-1-3-6-15/h4,7-12,15,20H,1-3,5-6,13-14H2,(H,21,22). The van der Waals surface area contributed by atoms with Crippen LogP contribution in [0.15, 0.2) is 41.8 Å². The molecular formula is C19H24N2OS. The fraction of sp³-hybridized carbons (Fsp3) is 0.421. The normalized spacial score (nSPS) is 15.5. The van der Waals surface area contributed by atoms with Crippen molar-refractivity contribution in [2.75, 3.05) is 11.9 Å². The molecule has 0 spiro atoms. The molecule has 0 saturated heterocycles. The molecular weight excluding hydrogens is 304 g/mol. The summed E-state index contributed by atoms with van der Waals surface area (Å²) in [5.41, 5.74) is 2.30. The fourth-order valence-electron chi connectivity index (χ4n) is 3.19. The van der Waals surface area contributed by atoms with Crippen molar-refractivity contribution in [2.45, 2.75) is 44.6 Å². The first-order valence-electron chi connectivity index (χ1n) is 8.44. The van der Waals surface area contributed by atoms with Crippen molar-refractivity contribution in [2.24, 2.45) is 0 Å². The van der Waals surface area contributed by atoms with E-state index in [1.807, 2.05) is 23.6 Å². The van der Waals surface area contributed by atoms with Crippen LogP contribution in [0.5, 0.6) is 0 Å². The second kappa shape index (κ2) is 8.27. The van der Waals surface area contributed by atoms with E-state index in [9.17, 15) is 4.79 Å². The van der Waals surface area contributed by atoms with Crippen molar-refractivity contribution >= 4 is 22.9 Å². The van der Waals surface area contributed by atoms with E-state index in [2.05, 4.69) is 28.8 Å². The van der Waals surface area contributed by atoms with Crippen LogP contribution in [-0.4, -0.2) is 12.5 Å². The lowest BCUT2D eigenvalue weighted by atomic mass is 9.84.